The fourth-order valence-electron chi connectivity index (χ4n) is 4.19. The van der Waals surface area contributed by atoms with E-state index in [2.05, 4.69) is 20.9 Å². The molecule has 2 aromatic rings. The van der Waals surface area contributed by atoms with Crippen LogP contribution in [0.1, 0.15) is 12.8 Å². The first kappa shape index (κ1) is 17.2. The highest BCUT2D eigenvalue weighted by Crippen LogP contribution is 2.35. The average Bonchev–Trinajstić information content (AvgIpc) is 2.85. The number of hydrogen-bond acceptors (Lipinski definition) is 5. The van der Waals surface area contributed by atoms with Crippen molar-refractivity contribution < 1.29 is 9.47 Å². The summed E-state index contributed by atoms with van der Waals surface area (Å²) in [6.07, 6.45) is 6.56. The Balaban J connectivity index is 1.65. The topological polar surface area (TPSA) is 37.8 Å². The molecule has 0 spiro atoms. The summed E-state index contributed by atoms with van der Waals surface area (Å²) < 4.78 is 11.0. The molecule has 2 unspecified atom stereocenters. The van der Waals surface area contributed by atoms with Gasteiger partial charge >= 0.3 is 0 Å². The van der Waals surface area contributed by atoms with Gasteiger partial charge in [0.15, 0.2) is 0 Å². The predicted octanol–water partition coefficient (Wildman–Crippen LogP) is 3.30. The molecule has 3 heterocycles. The molecular weight excluding hydrogens is 326 g/mol. The Morgan fingerprint density at radius 2 is 1.92 bits per heavy atom. The number of piperidine rings is 1. The summed E-state index contributed by atoms with van der Waals surface area (Å²) in [4.78, 5) is 9.64. The standard InChI is InChI=1S/C21H27N3O2/c1-25-19-5-6-21(26-2)20(11-19)17-10-18(13-22-12-17)24-9-8-23-7-3-4-16(14-23)15-24/h5-6,10-13,16H,3-4,7-9,14-15H2,1-2H3. The van der Waals surface area contributed by atoms with Crippen LogP contribution in [0, 0.1) is 5.92 Å². The van der Waals surface area contributed by atoms with Crippen LogP contribution in [-0.2, 0) is 0 Å². The van der Waals surface area contributed by atoms with Crippen LogP contribution in [0.4, 0.5) is 5.69 Å². The third-order valence-corrected chi connectivity index (χ3v) is 5.57. The largest absolute Gasteiger partial charge is 0.497 e. The Hall–Kier alpha value is -2.27. The first-order chi connectivity index (χ1) is 12.8. The fraction of sp³-hybridized carbons (Fsp3) is 0.476. The molecule has 0 amide bonds. The molecule has 0 saturated carbocycles. The zero-order valence-electron chi connectivity index (χ0n) is 15.6. The number of nitrogens with zero attached hydrogens (tertiary/aromatic N) is 3. The van der Waals surface area contributed by atoms with Crippen LogP contribution in [0.2, 0.25) is 0 Å². The highest BCUT2D eigenvalue weighted by atomic mass is 16.5. The SMILES string of the molecule is COc1ccc(OC)c(-c2cncc(N3CCN4CCCC(C4)C3)c2)c1. The van der Waals surface area contributed by atoms with E-state index in [1.165, 1.54) is 31.6 Å². The second kappa shape index (κ2) is 7.54. The van der Waals surface area contributed by atoms with Gasteiger partial charge in [0.1, 0.15) is 11.5 Å². The normalized spacial score (nSPS) is 22.6. The molecular formula is C21H27N3O2. The molecule has 0 aliphatic carbocycles. The lowest BCUT2D eigenvalue weighted by Gasteiger charge is -2.29. The number of aromatic nitrogens is 1. The highest BCUT2D eigenvalue weighted by molar-refractivity contribution is 5.74. The molecule has 1 aromatic carbocycles. The second-order valence-electron chi connectivity index (χ2n) is 7.25. The molecule has 4 rings (SSSR count). The van der Waals surface area contributed by atoms with Crippen molar-refractivity contribution in [2.45, 2.75) is 12.8 Å². The minimum atomic E-state index is 0.765. The zero-order chi connectivity index (χ0) is 17.9. The molecule has 26 heavy (non-hydrogen) atoms. The molecule has 2 saturated heterocycles. The van der Waals surface area contributed by atoms with Crippen molar-refractivity contribution in [3.8, 4) is 22.6 Å². The van der Waals surface area contributed by atoms with Crippen molar-refractivity contribution >= 4 is 5.69 Å². The van der Waals surface area contributed by atoms with Crippen LogP contribution in [0.25, 0.3) is 11.1 Å². The first-order valence-corrected chi connectivity index (χ1v) is 9.41. The quantitative estimate of drug-likeness (QED) is 0.843. The lowest BCUT2D eigenvalue weighted by Crippen LogP contribution is -2.35. The minimum absolute atomic E-state index is 0.765. The first-order valence-electron chi connectivity index (χ1n) is 9.41. The number of ether oxygens (including phenoxy) is 2. The Kier molecular flexibility index (Phi) is 4.98. The van der Waals surface area contributed by atoms with E-state index in [9.17, 15) is 0 Å². The van der Waals surface area contributed by atoms with Gasteiger partial charge in [-0.1, -0.05) is 0 Å². The summed E-state index contributed by atoms with van der Waals surface area (Å²) in [7, 11) is 3.39. The van der Waals surface area contributed by atoms with Gasteiger partial charge in [0, 0.05) is 43.5 Å². The van der Waals surface area contributed by atoms with Crippen molar-refractivity contribution in [2.75, 3.05) is 51.8 Å². The Morgan fingerprint density at radius 1 is 1.00 bits per heavy atom. The van der Waals surface area contributed by atoms with Gasteiger partial charge in [0.2, 0.25) is 0 Å². The summed E-state index contributed by atoms with van der Waals surface area (Å²) >= 11 is 0. The fourth-order valence-corrected chi connectivity index (χ4v) is 4.19. The maximum atomic E-state index is 5.56. The monoisotopic (exact) mass is 353 g/mol. The molecule has 2 aliphatic rings. The van der Waals surface area contributed by atoms with Crippen molar-refractivity contribution in [1.82, 2.24) is 9.88 Å². The van der Waals surface area contributed by atoms with E-state index in [1.807, 2.05) is 30.6 Å². The maximum absolute atomic E-state index is 5.56. The number of methoxy groups -OCH3 is 2. The molecule has 1 aromatic heterocycles. The van der Waals surface area contributed by atoms with Crippen molar-refractivity contribution in [2.24, 2.45) is 5.92 Å². The van der Waals surface area contributed by atoms with E-state index in [4.69, 9.17) is 9.47 Å². The Morgan fingerprint density at radius 3 is 2.77 bits per heavy atom. The lowest BCUT2D eigenvalue weighted by atomic mass is 9.98. The summed E-state index contributed by atoms with van der Waals surface area (Å²) in [6.45, 7) is 5.83. The van der Waals surface area contributed by atoms with Gasteiger partial charge < -0.3 is 19.3 Å². The van der Waals surface area contributed by atoms with Gasteiger partial charge in [-0.15, -0.1) is 0 Å². The summed E-state index contributed by atoms with van der Waals surface area (Å²) in [6, 6.07) is 8.11. The smallest absolute Gasteiger partial charge is 0.127 e. The number of anilines is 1. The van der Waals surface area contributed by atoms with Crippen LogP contribution in [0.3, 0.4) is 0 Å². The molecule has 138 valence electrons. The number of benzene rings is 1. The van der Waals surface area contributed by atoms with E-state index in [1.54, 1.807) is 14.2 Å². The lowest BCUT2D eigenvalue weighted by molar-refractivity contribution is 0.201. The minimum Gasteiger partial charge on any atom is -0.497 e. The molecule has 2 atom stereocenters. The highest BCUT2D eigenvalue weighted by Gasteiger charge is 2.26. The van der Waals surface area contributed by atoms with Gasteiger partial charge in [-0.25, -0.2) is 0 Å². The molecule has 2 aliphatic heterocycles. The Bertz CT molecular complexity index is 765. The van der Waals surface area contributed by atoms with E-state index in [0.29, 0.717) is 0 Å². The predicted molar refractivity (Wildman–Crippen MR) is 104 cm³/mol. The van der Waals surface area contributed by atoms with Gasteiger partial charge in [0.05, 0.1) is 26.1 Å². The van der Waals surface area contributed by atoms with E-state index in [-0.39, 0.29) is 0 Å². The van der Waals surface area contributed by atoms with E-state index >= 15 is 0 Å². The third kappa shape index (κ3) is 3.49. The summed E-state index contributed by atoms with van der Waals surface area (Å²) in [5.41, 5.74) is 3.27. The molecule has 5 nitrogen and oxygen atoms in total. The van der Waals surface area contributed by atoms with Gasteiger partial charge in [-0.05, 0) is 49.6 Å². The summed E-state index contributed by atoms with van der Waals surface area (Å²) in [5.74, 6) is 2.42. The van der Waals surface area contributed by atoms with Gasteiger partial charge in [-0.3, -0.25) is 4.98 Å². The Labute approximate surface area is 155 Å². The van der Waals surface area contributed by atoms with Gasteiger partial charge in [-0.2, -0.15) is 0 Å². The van der Waals surface area contributed by atoms with E-state index in [0.717, 1.165) is 48.2 Å². The number of pyridine rings is 1. The molecule has 0 radical (unpaired) electrons. The molecule has 2 bridgehead atoms. The average molecular weight is 353 g/mol. The number of rotatable bonds is 4. The van der Waals surface area contributed by atoms with Crippen LogP contribution in [-0.4, -0.2) is 56.8 Å². The molecule has 2 fully saturated rings. The molecule has 0 N–H and O–H groups in total. The van der Waals surface area contributed by atoms with Crippen molar-refractivity contribution in [3.05, 3.63) is 36.7 Å². The number of hydrogen-bond donors (Lipinski definition) is 0. The number of fused-ring (bicyclic) bond motifs is 2. The summed E-state index contributed by atoms with van der Waals surface area (Å²) in [5, 5.41) is 0. The van der Waals surface area contributed by atoms with Crippen LogP contribution in [0.5, 0.6) is 11.5 Å². The third-order valence-electron chi connectivity index (χ3n) is 5.57. The van der Waals surface area contributed by atoms with Crippen molar-refractivity contribution in [3.63, 3.8) is 0 Å². The van der Waals surface area contributed by atoms with Crippen LogP contribution < -0.4 is 14.4 Å². The van der Waals surface area contributed by atoms with Crippen LogP contribution in [0.15, 0.2) is 36.7 Å². The second-order valence-corrected chi connectivity index (χ2v) is 7.25. The van der Waals surface area contributed by atoms with Crippen LogP contribution >= 0.6 is 0 Å². The van der Waals surface area contributed by atoms with Crippen molar-refractivity contribution in [1.29, 1.82) is 0 Å². The van der Waals surface area contributed by atoms with Gasteiger partial charge in [0.25, 0.3) is 0 Å². The zero-order valence-corrected chi connectivity index (χ0v) is 15.6. The maximum Gasteiger partial charge on any atom is 0.127 e. The molecule has 5 heteroatoms. The van der Waals surface area contributed by atoms with E-state index < -0.39 is 0 Å².